The third-order valence-electron chi connectivity index (χ3n) is 4.85. The summed E-state index contributed by atoms with van der Waals surface area (Å²) in [5.74, 6) is 1.99. The molecule has 1 aliphatic rings. The molecule has 2 N–H and O–H groups in total. The van der Waals surface area contributed by atoms with Gasteiger partial charge >= 0.3 is 0 Å². The summed E-state index contributed by atoms with van der Waals surface area (Å²) >= 11 is 0. The molecule has 5 heteroatoms. The van der Waals surface area contributed by atoms with E-state index in [1.165, 1.54) is 11.1 Å². The van der Waals surface area contributed by atoms with Gasteiger partial charge in [-0.25, -0.2) is 4.98 Å². The van der Waals surface area contributed by atoms with Gasteiger partial charge in [0.05, 0.1) is 12.2 Å². The molecular formula is C22H24N4O. The Kier molecular flexibility index (Phi) is 4.92. The molecule has 1 aliphatic carbocycles. The molecule has 0 bridgehead atoms. The molecule has 1 fully saturated rings. The predicted molar refractivity (Wildman–Crippen MR) is 108 cm³/mol. The molecule has 2 aromatic carbocycles. The number of aryl methyl sites for hydroxylation is 1. The number of rotatable bonds is 5. The van der Waals surface area contributed by atoms with Crippen molar-refractivity contribution in [2.75, 3.05) is 7.05 Å². The Balaban J connectivity index is 1.31. The summed E-state index contributed by atoms with van der Waals surface area (Å²) in [5.41, 5.74) is 4.43. The smallest absolute Gasteiger partial charge is 0.226 e. The SMILES string of the molecule is CN=C(NCc1coc(-c2ccc(C)cc2)n1)NC1CC1c1ccccc1. The van der Waals surface area contributed by atoms with E-state index in [0.717, 1.165) is 23.6 Å². The molecule has 27 heavy (non-hydrogen) atoms. The van der Waals surface area contributed by atoms with Crippen LogP contribution in [0.15, 0.2) is 70.3 Å². The first-order chi connectivity index (χ1) is 13.2. The number of hydrogen-bond acceptors (Lipinski definition) is 3. The molecule has 2 atom stereocenters. The molecule has 1 aromatic heterocycles. The summed E-state index contributed by atoms with van der Waals surface area (Å²) in [6, 6.07) is 19.2. The second-order valence-corrected chi connectivity index (χ2v) is 6.94. The number of nitrogens with zero attached hydrogens (tertiary/aromatic N) is 2. The molecule has 1 saturated carbocycles. The van der Waals surface area contributed by atoms with Gasteiger partial charge in [0.15, 0.2) is 5.96 Å². The lowest BCUT2D eigenvalue weighted by Crippen LogP contribution is -2.38. The largest absolute Gasteiger partial charge is 0.444 e. The summed E-state index contributed by atoms with van der Waals surface area (Å²) in [6.07, 6.45) is 2.83. The number of guanidine groups is 1. The van der Waals surface area contributed by atoms with Crippen LogP contribution < -0.4 is 10.6 Å². The first kappa shape index (κ1) is 17.3. The summed E-state index contributed by atoms with van der Waals surface area (Å²) in [6.45, 7) is 2.63. The van der Waals surface area contributed by atoms with Crippen molar-refractivity contribution in [3.63, 3.8) is 0 Å². The third-order valence-corrected chi connectivity index (χ3v) is 4.85. The molecular weight excluding hydrogens is 336 g/mol. The van der Waals surface area contributed by atoms with Crippen molar-refractivity contribution < 1.29 is 4.42 Å². The maximum Gasteiger partial charge on any atom is 0.226 e. The monoisotopic (exact) mass is 360 g/mol. The van der Waals surface area contributed by atoms with Crippen LogP contribution in [0.2, 0.25) is 0 Å². The van der Waals surface area contributed by atoms with Gasteiger partial charge < -0.3 is 15.1 Å². The van der Waals surface area contributed by atoms with Crippen molar-refractivity contribution in [2.45, 2.75) is 31.8 Å². The Hall–Kier alpha value is -3.08. The van der Waals surface area contributed by atoms with Crippen molar-refractivity contribution in [3.05, 3.63) is 77.7 Å². The Morgan fingerprint density at radius 2 is 1.93 bits per heavy atom. The molecule has 0 radical (unpaired) electrons. The topological polar surface area (TPSA) is 62.5 Å². The van der Waals surface area contributed by atoms with E-state index in [1.807, 2.05) is 12.1 Å². The van der Waals surface area contributed by atoms with Gasteiger partial charge in [-0.2, -0.15) is 0 Å². The fraction of sp³-hybridized carbons (Fsp3) is 0.273. The minimum absolute atomic E-state index is 0.430. The highest BCUT2D eigenvalue weighted by atomic mass is 16.3. The summed E-state index contributed by atoms with van der Waals surface area (Å²) < 4.78 is 5.61. The Morgan fingerprint density at radius 3 is 2.67 bits per heavy atom. The van der Waals surface area contributed by atoms with Crippen LogP contribution in [0.1, 0.15) is 29.2 Å². The molecule has 4 rings (SSSR count). The molecule has 2 unspecified atom stereocenters. The number of nitrogens with one attached hydrogen (secondary N) is 2. The minimum atomic E-state index is 0.430. The number of hydrogen-bond donors (Lipinski definition) is 2. The van der Waals surface area contributed by atoms with Crippen molar-refractivity contribution >= 4 is 5.96 Å². The first-order valence-electron chi connectivity index (χ1n) is 9.26. The summed E-state index contributed by atoms with van der Waals surface area (Å²) in [7, 11) is 1.79. The molecule has 0 spiro atoms. The highest BCUT2D eigenvalue weighted by Crippen LogP contribution is 2.40. The molecule has 1 heterocycles. The minimum Gasteiger partial charge on any atom is -0.444 e. The van der Waals surface area contributed by atoms with Crippen LogP contribution in [0.5, 0.6) is 0 Å². The average molecular weight is 360 g/mol. The van der Waals surface area contributed by atoms with Crippen molar-refractivity contribution in [1.82, 2.24) is 15.6 Å². The highest BCUT2D eigenvalue weighted by Gasteiger charge is 2.38. The fourth-order valence-corrected chi connectivity index (χ4v) is 3.18. The normalized spacial score (nSPS) is 19.0. The lowest BCUT2D eigenvalue weighted by molar-refractivity contribution is 0.572. The van der Waals surface area contributed by atoms with Crippen molar-refractivity contribution in [2.24, 2.45) is 4.99 Å². The van der Waals surface area contributed by atoms with Gasteiger partial charge in [-0.05, 0) is 31.0 Å². The van der Waals surface area contributed by atoms with Crippen molar-refractivity contribution in [3.8, 4) is 11.5 Å². The zero-order valence-electron chi connectivity index (χ0n) is 15.6. The van der Waals surface area contributed by atoms with Crippen LogP contribution in [0.4, 0.5) is 0 Å². The van der Waals surface area contributed by atoms with Crippen LogP contribution in [-0.4, -0.2) is 24.0 Å². The average Bonchev–Trinajstić information content (AvgIpc) is 3.32. The van der Waals surface area contributed by atoms with Crippen LogP contribution in [0.25, 0.3) is 11.5 Å². The van der Waals surface area contributed by atoms with E-state index >= 15 is 0 Å². The van der Waals surface area contributed by atoms with Gasteiger partial charge in [0.25, 0.3) is 0 Å². The predicted octanol–water partition coefficient (Wildman–Crippen LogP) is 3.87. The van der Waals surface area contributed by atoms with Crippen LogP contribution in [0.3, 0.4) is 0 Å². The van der Waals surface area contributed by atoms with Gasteiger partial charge in [0.1, 0.15) is 6.26 Å². The zero-order valence-corrected chi connectivity index (χ0v) is 15.6. The third kappa shape index (κ3) is 4.19. The fourth-order valence-electron chi connectivity index (χ4n) is 3.18. The van der Waals surface area contributed by atoms with Gasteiger partial charge in [-0.1, -0.05) is 48.0 Å². The summed E-state index contributed by atoms with van der Waals surface area (Å²) in [4.78, 5) is 8.88. The number of benzene rings is 2. The standard InChI is InChI=1S/C22H24N4O/c1-15-8-10-17(11-9-15)21-25-18(14-27-21)13-24-22(23-2)26-20-12-19(20)16-6-4-3-5-7-16/h3-11,14,19-20H,12-13H2,1-2H3,(H2,23,24,26). The van der Waals surface area contributed by atoms with Crippen LogP contribution in [-0.2, 0) is 6.54 Å². The maximum atomic E-state index is 5.61. The van der Waals surface area contributed by atoms with E-state index in [4.69, 9.17) is 4.42 Å². The number of oxazole rings is 1. The highest BCUT2D eigenvalue weighted by molar-refractivity contribution is 5.80. The van der Waals surface area contributed by atoms with E-state index in [2.05, 4.69) is 70.0 Å². The zero-order chi connectivity index (χ0) is 18.6. The Bertz CT molecular complexity index is 915. The quantitative estimate of drug-likeness (QED) is 0.536. The van der Waals surface area contributed by atoms with Gasteiger partial charge in [-0.15, -0.1) is 0 Å². The lowest BCUT2D eigenvalue weighted by Gasteiger charge is -2.10. The van der Waals surface area contributed by atoms with E-state index in [0.29, 0.717) is 24.4 Å². The molecule has 0 saturated heterocycles. The lowest BCUT2D eigenvalue weighted by atomic mass is 10.1. The number of aliphatic imine (C=N–C) groups is 1. The van der Waals surface area contributed by atoms with E-state index < -0.39 is 0 Å². The van der Waals surface area contributed by atoms with Gasteiger partial charge in [-0.3, -0.25) is 4.99 Å². The molecule has 0 amide bonds. The molecule has 3 aromatic rings. The molecule has 138 valence electrons. The summed E-state index contributed by atoms with van der Waals surface area (Å²) in [5, 5.41) is 6.80. The first-order valence-corrected chi connectivity index (χ1v) is 9.26. The number of aromatic nitrogens is 1. The Morgan fingerprint density at radius 1 is 1.15 bits per heavy atom. The van der Waals surface area contributed by atoms with Crippen LogP contribution in [0, 0.1) is 6.92 Å². The van der Waals surface area contributed by atoms with E-state index in [1.54, 1.807) is 13.3 Å². The van der Waals surface area contributed by atoms with Crippen molar-refractivity contribution in [1.29, 1.82) is 0 Å². The second kappa shape index (κ2) is 7.66. The van der Waals surface area contributed by atoms with Crippen LogP contribution >= 0.6 is 0 Å². The van der Waals surface area contributed by atoms with E-state index in [-0.39, 0.29) is 0 Å². The van der Waals surface area contributed by atoms with Gasteiger partial charge in [0.2, 0.25) is 5.89 Å². The van der Waals surface area contributed by atoms with E-state index in [9.17, 15) is 0 Å². The Labute approximate surface area is 159 Å². The maximum absolute atomic E-state index is 5.61. The molecule has 0 aliphatic heterocycles. The second-order valence-electron chi connectivity index (χ2n) is 6.94. The van der Waals surface area contributed by atoms with Gasteiger partial charge in [0, 0.05) is 24.6 Å². The molecule has 5 nitrogen and oxygen atoms in total.